The number of hydrogen-bond donors (Lipinski definition) is 0. The Morgan fingerprint density at radius 1 is 0.630 bits per heavy atom. The Kier molecular flexibility index (Phi) is 14.2. The van der Waals surface area contributed by atoms with Crippen LogP contribution in [-0.2, 0) is 0 Å². The van der Waals surface area contributed by atoms with Gasteiger partial charge in [0.1, 0.15) is 0 Å². The van der Waals surface area contributed by atoms with Crippen molar-refractivity contribution in [1.82, 2.24) is 0 Å². The Morgan fingerprint density at radius 2 is 1.15 bits per heavy atom. The van der Waals surface area contributed by atoms with Gasteiger partial charge in [0.15, 0.2) is 0 Å². The molecule has 0 fully saturated rings. The third-order valence-electron chi connectivity index (χ3n) is 6.61. The van der Waals surface area contributed by atoms with Gasteiger partial charge in [-0.1, -0.05) is 117 Å². The highest BCUT2D eigenvalue weighted by molar-refractivity contribution is 5.11. The minimum absolute atomic E-state index is 0.585. The summed E-state index contributed by atoms with van der Waals surface area (Å²) in [6, 6.07) is 0. The maximum atomic E-state index is 4.41. The zero-order valence-corrected chi connectivity index (χ0v) is 20.2. The maximum Gasteiger partial charge on any atom is -0.0115 e. The van der Waals surface area contributed by atoms with Crippen LogP contribution < -0.4 is 0 Å². The molecule has 0 aromatic heterocycles. The molecular formula is C27H52. The normalized spacial score (nSPS) is 17.4. The van der Waals surface area contributed by atoms with Crippen molar-refractivity contribution in [3.8, 4) is 0 Å². The average molecular weight is 377 g/mol. The van der Waals surface area contributed by atoms with E-state index < -0.39 is 0 Å². The molecule has 0 aliphatic rings. The molecule has 0 bridgehead atoms. The van der Waals surface area contributed by atoms with E-state index in [2.05, 4.69) is 68.5 Å². The zero-order chi connectivity index (χ0) is 21.0. The van der Waals surface area contributed by atoms with Crippen LogP contribution in [0.3, 0.4) is 0 Å². The lowest BCUT2D eigenvalue weighted by Gasteiger charge is -2.37. The highest BCUT2D eigenvalue weighted by Crippen LogP contribution is 2.40. The highest BCUT2D eigenvalue weighted by atomic mass is 14.4. The summed E-state index contributed by atoms with van der Waals surface area (Å²) in [5.41, 5.74) is 2.73. The molecule has 0 heteroatoms. The van der Waals surface area contributed by atoms with Crippen molar-refractivity contribution in [3.05, 3.63) is 24.3 Å². The molecule has 0 radical (unpaired) electrons. The fourth-order valence-electron chi connectivity index (χ4n) is 4.93. The Morgan fingerprint density at radius 3 is 1.59 bits per heavy atom. The molecule has 0 saturated heterocycles. The van der Waals surface area contributed by atoms with E-state index in [9.17, 15) is 0 Å². The van der Waals surface area contributed by atoms with Gasteiger partial charge in [0.2, 0.25) is 0 Å². The molecule has 0 aromatic rings. The SMILES string of the molecule is C=C(C)C(C(C)CCCCC)C(C(=C)C)C(C)CCC(C)CCCC(C)C. The van der Waals surface area contributed by atoms with Gasteiger partial charge in [-0.3, -0.25) is 0 Å². The van der Waals surface area contributed by atoms with Gasteiger partial charge >= 0.3 is 0 Å². The number of unbranched alkanes of at least 4 members (excludes halogenated alkanes) is 2. The Bertz CT molecular complexity index is 402. The second kappa shape index (κ2) is 14.5. The highest BCUT2D eigenvalue weighted by Gasteiger charge is 2.31. The summed E-state index contributed by atoms with van der Waals surface area (Å²) in [4.78, 5) is 0. The van der Waals surface area contributed by atoms with Crippen LogP contribution in [0.4, 0.5) is 0 Å². The molecule has 5 unspecified atom stereocenters. The molecule has 5 atom stereocenters. The molecule has 0 nitrogen and oxygen atoms in total. The van der Waals surface area contributed by atoms with Gasteiger partial charge < -0.3 is 0 Å². The van der Waals surface area contributed by atoms with Crippen LogP contribution >= 0.6 is 0 Å². The van der Waals surface area contributed by atoms with Gasteiger partial charge in [-0.05, 0) is 55.8 Å². The minimum Gasteiger partial charge on any atom is -0.0998 e. The van der Waals surface area contributed by atoms with Crippen molar-refractivity contribution in [3.63, 3.8) is 0 Å². The van der Waals surface area contributed by atoms with Crippen LogP contribution in [0.25, 0.3) is 0 Å². The quantitative estimate of drug-likeness (QED) is 0.186. The van der Waals surface area contributed by atoms with Crippen molar-refractivity contribution in [2.24, 2.45) is 35.5 Å². The van der Waals surface area contributed by atoms with Gasteiger partial charge in [0.05, 0.1) is 0 Å². The fraction of sp³-hybridized carbons (Fsp3) is 0.852. The molecule has 0 saturated carbocycles. The van der Waals surface area contributed by atoms with Crippen LogP contribution in [0.15, 0.2) is 24.3 Å². The molecule has 27 heavy (non-hydrogen) atoms. The molecule has 0 amide bonds. The van der Waals surface area contributed by atoms with E-state index in [-0.39, 0.29) is 0 Å². The predicted octanol–water partition coefficient (Wildman–Crippen LogP) is 9.47. The second-order valence-electron chi connectivity index (χ2n) is 10.2. The summed E-state index contributed by atoms with van der Waals surface area (Å²) in [5, 5.41) is 0. The Balaban J connectivity index is 4.83. The second-order valence-corrected chi connectivity index (χ2v) is 10.2. The van der Waals surface area contributed by atoms with Crippen molar-refractivity contribution < 1.29 is 0 Å². The monoisotopic (exact) mass is 376 g/mol. The molecule has 0 aliphatic carbocycles. The lowest BCUT2D eigenvalue weighted by atomic mass is 9.67. The van der Waals surface area contributed by atoms with E-state index in [1.165, 1.54) is 68.9 Å². The first-order valence-corrected chi connectivity index (χ1v) is 11.9. The summed E-state index contributed by atoms with van der Waals surface area (Å²) in [5.74, 6) is 4.27. The summed E-state index contributed by atoms with van der Waals surface area (Å²) in [6.07, 6.45) is 12.2. The first-order chi connectivity index (χ1) is 12.6. The third kappa shape index (κ3) is 11.2. The molecule has 0 rings (SSSR count). The van der Waals surface area contributed by atoms with Crippen molar-refractivity contribution >= 4 is 0 Å². The van der Waals surface area contributed by atoms with E-state index in [0.717, 1.165) is 11.8 Å². The van der Waals surface area contributed by atoms with Gasteiger partial charge in [0.25, 0.3) is 0 Å². The number of hydrogen-bond acceptors (Lipinski definition) is 0. The number of allylic oxidation sites excluding steroid dienone is 2. The Hall–Kier alpha value is -0.520. The molecule has 0 aliphatic heterocycles. The largest absolute Gasteiger partial charge is 0.0998 e. The van der Waals surface area contributed by atoms with Crippen LogP contribution in [0.5, 0.6) is 0 Å². The topological polar surface area (TPSA) is 0 Å². The summed E-state index contributed by atoms with van der Waals surface area (Å²) >= 11 is 0. The van der Waals surface area contributed by atoms with E-state index in [1.807, 2.05) is 0 Å². The molecule has 160 valence electrons. The van der Waals surface area contributed by atoms with Gasteiger partial charge in [-0.2, -0.15) is 0 Å². The van der Waals surface area contributed by atoms with E-state index >= 15 is 0 Å². The molecule has 0 aromatic carbocycles. The predicted molar refractivity (Wildman–Crippen MR) is 126 cm³/mol. The third-order valence-corrected chi connectivity index (χ3v) is 6.61. The van der Waals surface area contributed by atoms with Crippen LogP contribution in [-0.4, -0.2) is 0 Å². The summed E-state index contributed by atoms with van der Waals surface area (Å²) in [6.45, 7) is 27.7. The van der Waals surface area contributed by atoms with Crippen LogP contribution in [0.2, 0.25) is 0 Å². The lowest BCUT2D eigenvalue weighted by Crippen LogP contribution is -2.29. The van der Waals surface area contributed by atoms with Gasteiger partial charge in [0, 0.05) is 0 Å². The summed E-state index contributed by atoms with van der Waals surface area (Å²) < 4.78 is 0. The van der Waals surface area contributed by atoms with Crippen LogP contribution in [0.1, 0.15) is 113 Å². The standard InChI is InChI=1S/C27H52/c1-11-12-13-17-24(9)26(21(4)5)27(22(6)7)25(10)19-18-23(8)16-14-15-20(2)3/h20,23-27H,4,6,11-19H2,1-3,5,7-10H3. The average Bonchev–Trinajstić information content (AvgIpc) is 2.56. The molecule has 0 spiro atoms. The maximum absolute atomic E-state index is 4.41. The van der Waals surface area contributed by atoms with Crippen LogP contribution in [0, 0.1) is 35.5 Å². The zero-order valence-electron chi connectivity index (χ0n) is 20.2. The molecular weight excluding hydrogens is 324 g/mol. The van der Waals surface area contributed by atoms with Crippen molar-refractivity contribution in [2.75, 3.05) is 0 Å². The fourth-order valence-corrected chi connectivity index (χ4v) is 4.93. The van der Waals surface area contributed by atoms with Crippen molar-refractivity contribution in [1.29, 1.82) is 0 Å². The molecule has 0 heterocycles. The van der Waals surface area contributed by atoms with E-state index in [4.69, 9.17) is 0 Å². The first-order valence-electron chi connectivity index (χ1n) is 11.9. The van der Waals surface area contributed by atoms with E-state index in [1.54, 1.807) is 0 Å². The first kappa shape index (κ1) is 26.5. The van der Waals surface area contributed by atoms with Crippen molar-refractivity contribution in [2.45, 2.75) is 113 Å². The minimum atomic E-state index is 0.585. The number of rotatable bonds is 16. The van der Waals surface area contributed by atoms with Gasteiger partial charge in [-0.25, -0.2) is 0 Å². The Labute approximate surface area is 173 Å². The lowest BCUT2D eigenvalue weighted by molar-refractivity contribution is 0.215. The summed E-state index contributed by atoms with van der Waals surface area (Å²) in [7, 11) is 0. The molecule has 0 N–H and O–H groups in total. The van der Waals surface area contributed by atoms with E-state index in [0.29, 0.717) is 23.7 Å². The van der Waals surface area contributed by atoms with Gasteiger partial charge in [-0.15, -0.1) is 0 Å². The smallest absolute Gasteiger partial charge is 0.0115 e.